The van der Waals surface area contributed by atoms with Gasteiger partial charge in [0.2, 0.25) is 5.71 Å². The van der Waals surface area contributed by atoms with Gasteiger partial charge < -0.3 is 4.42 Å². The Bertz CT molecular complexity index is 7870. The van der Waals surface area contributed by atoms with E-state index in [-0.39, 0.29) is 0 Å². The molecule has 9 aromatic heterocycles. The van der Waals surface area contributed by atoms with E-state index < -0.39 is 0 Å². The van der Waals surface area contributed by atoms with Crippen LogP contribution in [-0.4, -0.2) is 43.6 Å². The Kier molecular flexibility index (Phi) is 14.5. The molecule has 12 heteroatoms. The Morgan fingerprint density at radius 1 is 0.232 bits per heavy atom. The highest BCUT2D eigenvalue weighted by atomic mass is 32.1. The number of para-hydroxylation sites is 4. The molecular weight excluding hydrogens is 1410 g/mol. The van der Waals surface area contributed by atoms with Gasteiger partial charge in [0.15, 0.2) is 34.9 Å². The summed E-state index contributed by atoms with van der Waals surface area (Å²) in [4.78, 5) is 32.0. The zero-order chi connectivity index (χ0) is 73.5. The van der Waals surface area contributed by atoms with Crippen LogP contribution >= 0.6 is 22.7 Å². The Morgan fingerprint density at radius 2 is 0.616 bits per heavy atom. The van der Waals surface area contributed by atoms with Crippen molar-refractivity contribution in [3.63, 3.8) is 0 Å². The molecule has 0 amide bonds. The van der Waals surface area contributed by atoms with Gasteiger partial charge in [-0.25, -0.2) is 24.9 Å². The number of hydrogen-bond acceptors (Lipinski definition) is 9. The topological polar surface area (TPSA) is 105 Å². The molecule has 10 nitrogen and oxygen atoms in total. The van der Waals surface area contributed by atoms with Gasteiger partial charge in [-0.15, -0.1) is 22.7 Å². The molecule has 0 N–H and O–H groups in total. The summed E-state index contributed by atoms with van der Waals surface area (Å²) >= 11 is 3.50. The summed E-state index contributed by atoms with van der Waals surface area (Å²) in [5.74, 6) is 4.81. The third kappa shape index (κ3) is 10.2. The lowest BCUT2D eigenvalue weighted by atomic mass is 10.1. The van der Waals surface area contributed by atoms with Crippen molar-refractivity contribution in [1.82, 2.24) is 43.6 Å². The molecule has 0 fully saturated rings. The van der Waals surface area contributed by atoms with Gasteiger partial charge in [0, 0.05) is 74.6 Å². The maximum absolute atomic E-state index is 6.28. The number of nitrogens with zero attached hydrogens (tertiary/aromatic N) is 9. The molecule has 0 aliphatic carbocycles. The third-order valence-electron chi connectivity index (χ3n) is 22.0. The quantitative estimate of drug-likeness (QED) is 0.163. The molecular formula is C100H59N9OS2. The van der Waals surface area contributed by atoms with Gasteiger partial charge in [0.1, 0.15) is 10.4 Å². The number of benzene rings is 16. The van der Waals surface area contributed by atoms with Crippen LogP contribution in [0.1, 0.15) is 0 Å². The van der Waals surface area contributed by atoms with Crippen LogP contribution in [-0.2, 0) is 0 Å². The van der Waals surface area contributed by atoms with Crippen LogP contribution in [0.2, 0.25) is 0 Å². The lowest BCUT2D eigenvalue weighted by Crippen LogP contribution is -2.02. The summed E-state index contributed by atoms with van der Waals surface area (Å²) in [5.41, 5.74) is 12.2. The molecule has 0 unspecified atom stereocenters. The number of aromatic nitrogens is 9. The van der Waals surface area contributed by atoms with Gasteiger partial charge in [-0.1, -0.05) is 279 Å². The highest BCUT2D eigenvalue weighted by Crippen LogP contribution is 2.46. The van der Waals surface area contributed by atoms with Crippen LogP contribution in [0.5, 0.6) is 0 Å². The van der Waals surface area contributed by atoms with Crippen molar-refractivity contribution >= 4 is 194 Å². The predicted molar refractivity (Wildman–Crippen MR) is 469 cm³/mol. The standard InChI is InChI=1S/C36H21N3S.C32H19N3O.C32H19N3S/c1-2-10-23-19-26(18-17-22(23)9-1)35-37-33-28-14-6-8-16-32(28)40-34(33)36(38-35)39-30-15-7-5-13-27(30)29-20-24-11-3-4-12-25(24)21-31(29)39;2*1-2-10-20(11-3-1)30-33-31(29-24-15-7-9-17-28(24)36-32(29)34-30)35-26-16-8-6-14-23(26)25-18-21-12-4-5-13-22(21)19-27(25)35/h1-21H;2*1-19H. The van der Waals surface area contributed by atoms with Gasteiger partial charge in [0.25, 0.3) is 0 Å². The first-order valence-electron chi connectivity index (χ1n) is 37.5. The molecule has 0 aliphatic rings. The van der Waals surface area contributed by atoms with Gasteiger partial charge in [-0.3, -0.25) is 13.7 Å². The minimum absolute atomic E-state index is 0.590. The molecule has 522 valence electrons. The van der Waals surface area contributed by atoms with E-state index in [4.69, 9.17) is 34.3 Å². The Labute approximate surface area is 646 Å². The summed E-state index contributed by atoms with van der Waals surface area (Å²) in [6.07, 6.45) is 0. The monoisotopic (exact) mass is 1470 g/mol. The fourth-order valence-electron chi connectivity index (χ4n) is 16.8. The van der Waals surface area contributed by atoms with Crippen LogP contribution in [0.3, 0.4) is 0 Å². The van der Waals surface area contributed by atoms with Crippen LogP contribution in [0.25, 0.3) is 223 Å². The molecule has 16 aromatic carbocycles. The highest BCUT2D eigenvalue weighted by molar-refractivity contribution is 7.26. The fourth-order valence-corrected chi connectivity index (χ4v) is 19.0. The lowest BCUT2D eigenvalue weighted by molar-refractivity contribution is 0.653. The van der Waals surface area contributed by atoms with Crippen LogP contribution in [0, 0.1) is 0 Å². The minimum atomic E-state index is 0.590. The van der Waals surface area contributed by atoms with E-state index in [0.717, 1.165) is 116 Å². The molecule has 0 spiro atoms. The number of furan rings is 1. The van der Waals surface area contributed by atoms with Gasteiger partial charge in [0.05, 0.1) is 54.1 Å². The summed E-state index contributed by atoms with van der Waals surface area (Å²) in [6.45, 7) is 0. The average Bonchev–Trinajstić information content (AvgIpc) is 1.57. The molecule has 0 saturated carbocycles. The predicted octanol–water partition coefficient (Wildman–Crippen LogP) is 27.0. The summed E-state index contributed by atoms with van der Waals surface area (Å²) in [5, 5.41) is 22.4. The van der Waals surface area contributed by atoms with Crippen LogP contribution in [0.4, 0.5) is 0 Å². The SMILES string of the molecule is c1ccc(-c2nc(-n3c4ccccc4c4cc5ccccc5cc43)c3c(n2)oc2ccccc23)cc1.c1ccc(-c2nc(-n3c4ccccc4c4cc5ccccc5cc43)c3c(n2)sc2ccccc23)cc1.c1ccc2cc(-c3nc(-n4c5ccccc5c5cc6ccccc6cc54)c4sc5ccccc5c4n3)ccc2c1. The first-order valence-corrected chi connectivity index (χ1v) is 39.1. The van der Waals surface area contributed by atoms with Crippen LogP contribution in [0.15, 0.2) is 362 Å². The van der Waals surface area contributed by atoms with Crippen molar-refractivity contribution in [1.29, 1.82) is 0 Å². The van der Waals surface area contributed by atoms with Crippen molar-refractivity contribution in [2.24, 2.45) is 0 Å². The number of thiophene rings is 2. The van der Waals surface area contributed by atoms with Crippen molar-refractivity contribution in [3.8, 4) is 51.6 Å². The van der Waals surface area contributed by atoms with Crippen molar-refractivity contribution < 1.29 is 4.42 Å². The van der Waals surface area contributed by atoms with E-state index in [1.807, 2.05) is 66.7 Å². The van der Waals surface area contributed by atoms with Gasteiger partial charge in [-0.05, 0) is 122 Å². The number of fused-ring (bicyclic) bond motifs is 22. The second-order valence-electron chi connectivity index (χ2n) is 28.4. The van der Waals surface area contributed by atoms with E-state index in [1.165, 1.54) is 95.6 Å². The normalized spacial score (nSPS) is 11.9. The summed E-state index contributed by atoms with van der Waals surface area (Å²) in [6, 6.07) is 126. The largest absolute Gasteiger partial charge is 0.437 e. The number of rotatable bonds is 6. The van der Waals surface area contributed by atoms with E-state index in [1.54, 1.807) is 22.7 Å². The smallest absolute Gasteiger partial charge is 0.233 e. The molecule has 25 aromatic rings. The van der Waals surface area contributed by atoms with E-state index in [2.05, 4.69) is 305 Å². The fraction of sp³-hybridized carbons (Fsp3) is 0. The van der Waals surface area contributed by atoms with E-state index >= 15 is 0 Å². The average molecular weight is 1470 g/mol. The second kappa shape index (κ2) is 25.5. The lowest BCUT2D eigenvalue weighted by Gasteiger charge is -2.11. The highest BCUT2D eigenvalue weighted by Gasteiger charge is 2.26. The van der Waals surface area contributed by atoms with Crippen molar-refractivity contribution in [3.05, 3.63) is 358 Å². The first-order chi connectivity index (χ1) is 55.5. The Balaban J connectivity index is 0.000000100. The molecule has 0 bridgehead atoms. The van der Waals surface area contributed by atoms with Crippen LogP contribution < -0.4 is 0 Å². The van der Waals surface area contributed by atoms with E-state index in [0.29, 0.717) is 11.5 Å². The third-order valence-corrected chi connectivity index (χ3v) is 24.2. The zero-order valence-corrected chi connectivity index (χ0v) is 61.4. The molecule has 9 heterocycles. The summed E-state index contributed by atoms with van der Waals surface area (Å²) in [7, 11) is 0. The zero-order valence-electron chi connectivity index (χ0n) is 59.8. The van der Waals surface area contributed by atoms with Gasteiger partial charge in [-0.2, -0.15) is 4.98 Å². The first kappa shape index (κ1) is 63.5. The van der Waals surface area contributed by atoms with Gasteiger partial charge >= 0.3 is 0 Å². The molecule has 0 aliphatic heterocycles. The molecule has 25 rings (SSSR count). The molecule has 0 saturated heterocycles. The Morgan fingerprint density at radius 3 is 1.15 bits per heavy atom. The molecule has 112 heavy (non-hydrogen) atoms. The molecule has 0 atom stereocenters. The number of hydrogen-bond donors (Lipinski definition) is 0. The Hall–Kier alpha value is -14.6. The molecule has 0 radical (unpaired) electrons. The summed E-state index contributed by atoms with van der Waals surface area (Å²) < 4.78 is 16.8. The van der Waals surface area contributed by atoms with E-state index in [9.17, 15) is 0 Å². The maximum Gasteiger partial charge on any atom is 0.233 e. The maximum atomic E-state index is 6.28. The van der Waals surface area contributed by atoms with Crippen molar-refractivity contribution in [2.45, 2.75) is 0 Å². The minimum Gasteiger partial charge on any atom is -0.437 e. The van der Waals surface area contributed by atoms with Crippen molar-refractivity contribution in [2.75, 3.05) is 0 Å². The second-order valence-corrected chi connectivity index (χ2v) is 30.5.